The average molecular weight is 334 g/mol. The van der Waals surface area contributed by atoms with Gasteiger partial charge in [0.05, 0.1) is 14.2 Å². The highest BCUT2D eigenvalue weighted by atomic mass is 16.5. The first-order valence-corrected chi connectivity index (χ1v) is 8.46. The van der Waals surface area contributed by atoms with E-state index in [2.05, 4.69) is 24.1 Å². The van der Waals surface area contributed by atoms with Crippen LogP contribution in [0.25, 0.3) is 5.57 Å². The van der Waals surface area contributed by atoms with Crippen LogP contribution in [0.4, 0.5) is 0 Å². The molecule has 0 radical (unpaired) electrons. The fraction of sp³-hybridized carbons (Fsp3) is 0.526. The second-order valence-corrected chi connectivity index (χ2v) is 5.57. The normalized spacial score (nSPS) is 11.5. The Labute approximate surface area is 145 Å². The highest BCUT2D eigenvalue weighted by molar-refractivity contribution is 5.95. The van der Waals surface area contributed by atoms with Crippen molar-refractivity contribution in [3.8, 4) is 11.5 Å². The zero-order chi connectivity index (χ0) is 17.9. The first-order chi connectivity index (χ1) is 11.5. The largest absolute Gasteiger partial charge is 0.497 e. The van der Waals surface area contributed by atoms with Gasteiger partial charge in [-0.1, -0.05) is 13.8 Å². The fourth-order valence-corrected chi connectivity index (χ4v) is 2.50. The van der Waals surface area contributed by atoms with Crippen molar-refractivity contribution in [2.45, 2.75) is 27.2 Å². The number of hydrogen-bond donors (Lipinski definition) is 1. The Morgan fingerprint density at radius 2 is 1.92 bits per heavy atom. The van der Waals surface area contributed by atoms with E-state index in [4.69, 9.17) is 9.47 Å². The van der Waals surface area contributed by atoms with Crippen molar-refractivity contribution in [1.29, 1.82) is 0 Å². The number of allylic oxidation sites excluding steroid dienone is 1. The summed E-state index contributed by atoms with van der Waals surface area (Å²) in [6.45, 7) is 9.97. The molecule has 0 saturated carbocycles. The van der Waals surface area contributed by atoms with Gasteiger partial charge in [0.1, 0.15) is 11.5 Å². The molecule has 0 bridgehead atoms. The van der Waals surface area contributed by atoms with Crippen LogP contribution in [0.3, 0.4) is 0 Å². The molecule has 1 rings (SSSR count). The first kappa shape index (κ1) is 20.0. The third-order valence-electron chi connectivity index (χ3n) is 4.03. The molecule has 0 saturated heterocycles. The lowest BCUT2D eigenvalue weighted by atomic mass is 10.1. The van der Waals surface area contributed by atoms with E-state index in [0.717, 1.165) is 42.9 Å². The minimum absolute atomic E-state index is 0.0788. The third kappa shape index (κ3) is 6.24. The Balaban J connectivity index is 2.60. The number of methoxy groups -OCH3 is 2. The third-order valence-corrected chi connectivity index (χ3v) is 4.03. The van der Waals surface area contributed by atoms with Gasteiger partial charge in [0.25, 0.3) is 0 Å². The summed E-state index contributed by atoms with van der Waals surface area (Å²) in [5.74, 6) is 1.34. The lowest BCUT2D eigenvalue weighted by molar-refractivity contribution is -0.116. The molecular weight excluding hydrogens is 304 g/mol. The molecule has 0 aliphatic carbocycles. The molecule has 1 N–H and O–H groups in total. The molecule has 24 heavy (non-hydrogen) atoms. The summed E-state index contributed by atoms with van der Waals surface area (Å²) in [5, 5.41) is 2.94. The lowest BCUT2D eigenvalue weighted by Gasteiger charge is -2.17. The number of nitrogens with zero attached hydrogens (tertiary/aromatic N) is 1. The Hall–Kier alpha value is -2.01. The van der Waals surface area contributed by atoms with Crippen LogP contribution in [0, 0.1) is 0 Å². The zero-order valence-electron chi connectivity index (χ0n) is 15.5. The van der Waals surface area contributed by atoms with Gasteiger partial charge in [-0.3, -0.25) is 4.79 Å². The topological polar surface area (TPSA) is 50.8 Å². The fourth-order valence-electron chi connectivity index (χ4n) is 2.50. The van der Waals surface area contributed by atoms with Crippen LogP contribution in [-0.4, -0.2) is 51.2 Å². The minimum atomic E-state index is -0.0788. The van der Waals surface area contributed by atoms with Crippen molar-refractivity contribution in [2.75, 3.05) is 40.4 Å². The number of rotatable bonds is 10. The maximum absolute atomic E-state index is 12.1. The van der Waals surface area contributed by atoms with E-state index in [-0.39, 0.29) is 5.91 Å². The van der Waals surface area contributed by atoms with E-state index >= 15 is 0 Å². The SMILES string of the molecule is CCN(CC)CCCNC(=O)/C=C(\C)c1ccc(OC)cc1OC. The van der Waals surface area contributed by atoms with E-state index in [0.29, 0.717) is 12.3 Å². The molecule has 134 valence electrons. The predicted molar refractivity (Wildman–Crippen MR) is 98.6 cm³/mol. The number of carbonyl (C=O) groups is 1. The van der Waals surface area contributed by atoms with Crippen LogP contribution in [0.15, 0.2) is 24.3 Å². The van der Waals surface area contributed by atoms with Crippen molar-refractivity contribution in [3.63, 3.8) is 0 Å². The van der Waals surface area contributed by atoms with E-state index in [1.54, 1.807) is 20.3 Å². The molecule has 0 atom stereocenters. The molecule has 0 aliphatic rings. The summed E-state index contributed by atoms with van der Waals surface area (Å²) in [6, 6.07) is 5.57. The number of nitrogens with one attached hydrogen (secondary N) is 1. The smallest absolute Gasteiger partial charge is 0.244 e. The van der Waals surface area contributed by atoms with Crippen LogP contribution < -0.4 is 14.8 Å². The van der Waals surface area contributed by atoms with Gasteiger partial charge in [-0.25, -0.2) is 0 Å². The van der Waals surface area contributed by atoms with Crippen molar-refractivity contribution in [2.24, 2.45) is 0 Å². The Kier molecular flexibility index (Phi) is 8.94. The van der Waals surface area contributed by atoms with Gasteiger partial charge in [0.2, 0.25) is 5.91 Å². The number of benzene rings is 1. The van der Waals surface area contributed by atoms with Gasteiger partial charge in [-0.05, 0) is 50.7 Å². The average Bonchev–Trinajstić information content (AvgIpc) is 2.61. The van der Waals surface area contributed by atoms with E-state index in [1.807, 2.05) is 25.1 Å². The van der Waals surface area contributed by atoms with Gasteiger partial charge in [-0.2, -0.15) is 0 Å². The number of ether oxygens (including phenoxy) is 2. The molecule has 0 aromatic heterocycles. The molecular formula is C19H30N2O3. The number of carbonyl (C=O) groups excluding carboxylic acids is 1. The molecule has 1 aromatic rings. The summed E-state index contributed by atoms with van der Waals surface area (Å²) in [7, 11) is 3.22. The molecule has 1 amide bonds. The van der Waals surface area contributed by atoms with Gasteiger partial charge in [-0.15, -0.1) is 0 Å². The summed E-state index contributed by atoms with van der Waals surface area (Å²) in [4.78, 5) is 14.4. The highest BCUT2D eigenvalue weighted by Gasteiger charge is 2.08. The summed E-state index contributed by atoms with van der Waals surface area (Å²) in [5.41, 5.74) is 1.74. The van der Waals surface area contributed by atoms with Crippen LogP contribution in [0.1, 0.15) is 32.8 Å². The van der Waals surface area contributed by atoms with Crippen LogP contribution in [0.2, 0.25) is 0 Å². The maximum Gasteiger partial charge on any atom is 0.244 e. The van der Waals surface area contributed by atoms with Gasteiger partial charge < -0.3 is 19.7 Å². The minimum Gasteiger partial charge on any atom is -0.497 e. The quantitative estimate of drug-likeness (QED) is 0.528. The van der Waals surface area contributed by atoms with Crippen LogP contribution in [-0.2, 0) is 4.79 Å². The molecule has 0 fully saturated rings. The van der Waals surface area contributed by atoms with Gasteiger partial charge in [0, 0.05) is 24.3 Å². The summed E-state index contributed by atoms with van der Waals surface area (Å²) >= 11 is 0. The van der Waals surface area contributed by atoms with E-state index in [9.17, 15) is 4.79 Å². The molecule has 1 aromatic carbocycles. The van der Waals surface area contributed by atoms with Crippen LogP contribution >= 0.6 is 0 Å². The monoisotopic (exact) mass is 334 g/mol. The first-order valence-electron chi connectivity index (χ1n) is 8.46. The molecule has 5 nitrogen and oxygen atoms in total. The second kappa shape index (κ2) is 10.7. The number of amides is 1. The second-order valence-electron chi connectivity index (χ2n) is 5.57. The Morgan fingerprint density at radius 1 is 1.21 bits per heavy atom. The molecule has 0 spiro atoms. The van der Waals surface area contributed by atoms with E-state index < -0.39 is 0 Å². The molecule has 0 unspecified atom stereocenters. The number of hydrogen-bond acceptors (Lipinski definition) is 4. The van der Waals surface area contributed by atoms with E-state index in [1.165, 1.54) is 0 Å². The predicted octanol–water partition coefficient (Wildman–Crippen LogP) is 2.96. The van der Waals surface area contributed by atoms with Crippen molar-refractivity contribution in [3.05, 3.63) is 29.8 Å². The van der Waals surface area contributed by atoms with Crippen molar-refractivity contribution < 1.29 is 14.3 Å². The van der Waals surface area contributed by atoms with Gasteiger partial charge >= 0.3 is 0 Å². The Bertz CT molecular complexity index is 552. The molecule has 0 aliphatic heterocycles. The highest BCUT2D eigenvalue weighted by Crippen LogP contribution is 2.29. The Morgan fingerprint density at radius 3 is 2.50 bits per heavy atom. The molecule has 0 heterocycles. The van der Waals surface area contributed by atoms with Crippen molar-refractivity contribution >= 4 is 11.5 Å². The van der Waals surface area contributed by atoms with Crippen molar-refractivity contribution in [1.82, 2.24) is 10.2 Å². The zero-order valence-corrected chi connectivity index (χ0v) is 15.5. The summed E-state index contributed by atoms with van der Waals surface area (Å²) < 4.78 is 10.6. The standard InChI is InChI=1S/C19H30N2O3/c1-6-21(7-2)12-8-11-20-19(22)13-15(3)17-10-9-16(23-4)14-18(17)24-5/h9-10,13-14H,6-8,11-12H2,1-5H3,(H,20,22)/b15-13+. The summed E-state index contributed by atoms with van der Waals surface area (Å²) in [6.07, 6.45) is 2.56. The lowest BCUT2D eigenvalue weighted by Crippen LogP contribution is -2.29. The molecule has 5 heteroatoms. The van der Waals surface area contributed by atoms with Crippen LogP contribution in [0.5, 0.6) is 11.5 Å². The van der Waals surface area contributed by atoms with Gasteiger partial charge in [0.15, 0.2) is 0 Å². The maximum atomic E-state index is 12.1.